The van der Waals surface area contributed by atoms with Crippen molar-refractivity contribution < 1.29 is 18.3 Å². The molecule has 152 valence electrons. The van der Waals surface area contributed by atoms with Crippen molar-refractivity contribution >= 4 is 33.5 Å². The highest BCUT2D eigenvalue weighted by atomic mass is 32.2. The third-order valence-corrected chi connectivity index (χ3v) is 5.07. The number of benzene rings is 2. The summed E-state index contributed by atoms with van der Waals surface area (Å²) in [6.07, 6.45) is 0. The molecule has 0 unspecified atom stereocenters. The standard InChI is InChI=1S/C19H21N5O4S/c1-12(13-8-5-4-6-9-13)20-17-18(23-29(27,28)22-17)21-15-11-7-10-14(16(15)25)19(26)24(2)3/h4-12,25H,1-3H3,(H,20,22)(H,21,23)/t12-/m1/s1. The summed E-state index contributed by atoms with van der Waals surface area (Å²) in [5, 5.41) is 13.2. The number of nitrogens with one attached hydrogen (secondary N) is 2. The first-order valence-corrected chi connectivity index (χ1v) is 10.2. The van der Waals surface area contributed by atoms with Crippen molar-refractivity contribution in [2.75, 3.05) is 19.4 Å². The molecule has 0 radical (unpaired) electrons. The maximum atomic E-state index is 12.2. The molecule has 0 fully saturated rings. The minimum Gasteiger partial charge on any atom is -0.505 e. The van der Waals surface area contributed by atoms with E-state index in [0.717, 1.165) is 5.56 Å². The number of amides is 1. The van der Waals surface area contributed by atoms with Crippen LogP contribution in [-0.2, 0) is 10.2 Å². The Hall–Kier alpha value is -3.40. The average molecular weight is 415 g/mol. The number of amidine groups is 2. The van der Waals surface area contributed by atoms with E-state index in [1.54, 1.807) is 20.2 Å². The molecule has 0 spiro atoms. The van der Waals surface area contributed by atoms with Crippen LogP contribution in [0.5, 0.6) is 5.75 Å². The van der Waals surface area contributed by atoms with Crippen LogP contribution in [0.15, 0.2) is 57.9 Å². The third-order valence-electron chi connectivity index (χ3n) is 4.19. The lowest BCUT2D eigenvalue weighted by Crippen LogP contribution is -2.31. The SMILES string of the molecule is C[C@@H](N=C1NS(=O)(=O)N=C1Nc1cccc(C(=O)N(C)C)c1O)c1ccccc1. The number of phenols is 1. The molecule has 1 amide bonds. The zero-order valence-corrected chi connectivity index (χ0v) is 16.9. The molecular weight excluding hydrogens is 394 g/mol. The Morgan fingerprint density at radius 2 is 1.86 bits per heavy atom. The third kappa shape index (κ3) is 4.54. The van der Waals surface area contributed by atoms with Gasteiger partial charge in [-0.3, -0.25) is 9.79 Å². The summed E-state index contributed by atoms with van der Waals surface area (Å²) in [5.41, 5.74) is 1.10. The zero-order valence-electron chi connectivity index (χ0n) is 16.1. The highest BCUT2D eigenvalue weighted by Crippen LogP contribution is 2.29. The number of para-hydroxylation sites is 1. The Labute approximate surface area is 169 Å². The summed E-state index contributed by atoms with van der Waals surface area (Å²) in [5.74, 6) is -0.756. The van der Waals surface area contributed by atoms with E-state index in [1.165, 1.54) is 17.0 Å². The molecule has 29 heavy (non-hydrogen) atoms. The minimum absolute atomic E-state index is 0.0186. The van der Waals surface area contributed by atoms with E-state index in [-0.39, 0.29) is 34.7 Å². The molecule has 0 saturated carbocycles. The van der Waals surface area contributed by atoms with Gasteiger partial charge in [-0.2, -0.15) is 8.42 Å². The smallest absolute Gasteiger partial charge is 0.345 e. The topological polar surface area (TPSA) is 123 Å². The normalized spacial score (nSPS) is 17.3. The molecule has 1 heterocycles. The van der Waals surface area contributed by atoms with Crippen LogP contribution in [0.1, 0.15) is 28.9 Å². The Bertz CT molecular complexity index is 1090. The van der Waals surface area contributed by atoms with Gasteiger partial charge in [-0.25, -0.2) is 4.72 Å². The summed E-state index contributed by atoms with van der Waals surface area (Å²) < 4.78 is 29.8. The maximum absolute atomic E-state index is 12.2. The van der Waals surface area contributed by atoms with Crippen molar-refractivity contribution in [3.63, 3.8) is 0 Å². The second kappa shape index (κ2) is 7.92. The first-order valence-electron chi connectivity index (χ1n) is 8.74. The quantitative estimate of drug-likeness (QED) is 0.658. The zero-order chi connectivity index (χ0) is 21.2. The lowest BCUT2D eigenvalue weighted by Gasteiger charge is -2.15. The first-order chi connectivity index (χ1) is 13.7. The molecule has 2 aromatic carbocycles. The minimum atomic E-state index is -3.96. The van der Waals surface area contributed by atoms with Gasteiger partial charge >= 0.3 is 10.2 Å². The van der Waals surface area contributed by atoms with Crippen LogP contribution in [0.25, 0.3) is 0 Å². The molecule has 0 aromatic heterocycles. The van der Waals surface area contributed by atoms with Gasteiger partial charge in [0.15, 0.2) is 17.4 Å². The van der Waals surface area contributed by atoms with Crippen LogP contribution in [0.2, 0.25) is 0 Å². The molecule has 1 atom stereocenters. The fraction of sp³-hybridized carbons (Fsp3) is 0.211. The van der Waals surface area contributed by atoms with Crippen LogP contribution < -0.4 is 10.0 Å². The largest absolute Gasteiger partial charge is 0.505 e. The van der Waals surface area contributed by atoms with Crippen LogP contribution in [0.3, 0.4) is 0 Å². The molecule has 1 aliphatic heterocycles. The van der Waals surface area contributed by atoms with E-state index < -0.39 is 16.1 Å². The van der Waals surface area contributed by atoms with Crippen molar-refractivity contribution in [1.29, 1.82) is 0 Å². The molecule has 3 rings (SSSR count). The number of aliphatic imine (C=N–C) groups is 1. The van der Waals surface area contributed by atoms with Crippen molar-refractivity contribution in [3.05, 3.63) is 59.7 Å². The van der Waals surface area contributed by atoms with Crippen LogP contribution in [0, 0.1) is 0 Å². The van der Waals surface area contributed by atoms with Crippen molar-refractivity contribution in [2.45, 2.75) is 13.0 Å². The van der Waals surface area contributed by atoms with E-state index in [0.29, 0.717) is 0 Å². The molecule has 10 heteroatoms. The summed E-state index contributed by atoms with van der Waals surface area (Å²) in [6, 6.07) is 13.6. The number of phenolic OH excluding ortho intramolecular Hbond substituents is 1. The molecule has 1 aliphatic rings. The van der Waals surface area contributed by atoms with Crippen molar-refractivity contribution in [3.8, 4) is 5.75 Å². The fourth-order valence-corrected chi connectivity index (χ4v) is 3.52. The fourth-order valence-electron chi connectivity index (χ4n) is 2.71. The molecule has 3 N–H and O–H groups in total. The van der Waals surface area contributed by atoms with Gasteiger partial charge < -0.3 is 15.3 Å². The van der Waals surface area contributed by atoms with Gasteiger partial charge in [0.25, 0.3) is 5.91 Å². The highest BCUT2D eigenvalue weighted by molar-refractivity contribution is 7.89. The van der Waals surface area contributed by atoms with Crippen LogP contribution >= 0.6 is 0 Å². The summed E-state index contributed by atoms with van der Waals surface area (Å²) >= 11 is 0. The number of carbonyl (C=O) groups excluding carboxylic acids is 1. The molecule has 0 aliphatic carbocycles. The van der Waals surface area contributed by atoms with E-state index in [2.05, 4.69) is 19.4 Å². The Kier molecular flexibility index (Phi) is 5.55. The molecular formula is C19H21N5O4S. The number of nitrogens with zero attached hydrogens (tertiary/aromatic N) is 3. The van der Waals surface area contributed by atoms with E-state index in [9.17, 15) is 18.3 Å². The molecule has 9 nitrogen and oxygen atoms in total. The van der Waals surface area contributed by atoms with E-state index in [1.807, 2.05) is 37.3 Å². The van der Waals surface area contributed by atoms with Gasteiger partial charge in [0.2, 0.25) is 0 Å². The molecule has 0 bridgehead atoms. The number of aromatic hydroxyl groups is 1. The number of rotatable bonds is 4. The van der Waals surface area contributed by atoms with Gasteiger partial charge in [0.1, 0.15) is 0 Å². The number of hydrogen-bond acceptors (Lipinski definition) is 6. The monoisotopic (exact) mass is 415 g/mol. The van der Waals surface area contributed by atoms with Gasteiger partial charge in [-0.15, -0.1) is 4.40 Å². The van der Waals surface area contributed by atoms with Crippen LogP contribution in [-0.4, -0.2) is 50.1 Å². The van der Waals surface area contributed by atoms with Crippen molar-refractivity contribution in [2.24, 2.45) is 9.39 Å². The number of carbonyl (C=O) groups is 1. The predicted octanol–water partition coefficient (Wildman–Crippen LogP) is 1.91. The van der Waals surface area contributed by atoms with Gasteiger partial charge in [0, 0.05) is 14.1 Å². The van der Waals surface area contributed by atoms with Gasteiger partial charge in [-0.05, 0) is 24.6 Å². The van der Waals surface area contributed by atoms with E-state index >= 15 is 0 Å². The highest BCUT2D eigenvalue weighted by Gasteiger charge is 2.28. The average Bonchev–Trinajstić information content (AvgIpc) is 2.96. The maximum Gasteiger partial charge on any atom is 0.345 e. The predicted molar refractivity (Wildman–Crippen MR) is 112 cm³/mol. The lowest BCUT2D eigenvalue weighted by molar-refractivity contribution is 0.0824. The second-order valence-corrected chi connectivity index (χ2v) is 7.94. The Balaban J connectivity index is 1.94. The van der Waals surface area contributed by atoms with Gasteiger partial charge in [-0.1, -0.05) is 36.4 Å². The number of hydrogen-bond donors (Lipinski definition) is 3. The Morgan fingerprint density at radius 1 is 1.17 bits per heavy atom. The van der Waals surface area contributed by atoms with Gasteiger partial charge in [0.05, 0.1) is 17.3 Å². The Morgan fingerprint density at radius 3 is 2.52 bits per heavy atom. The summed E-state index contributed by atoms with van der Waals surface area (Å²) in [6.45, 7) is 1.82. The summed E-state index contributed by atoms with van der Waals surface area (Å²) in [4.78, 5) is 17.9. The summed E-state index contributed by atoms with van der Waals surface area (Å²) in [7, 11) is -0.828. The molecule has 2 aromatic rings. The first kappa shape index (κ1) is 20.3. The van der Waals surface area contributed by atoms with Crippen LogP contribution in [0.4, 0.5) is 5.69 Å². The van der Waals surface area contributed by atoms with Crippen molar-refractivity contribution in [1.82, 2.24) is 9.62 Å². The number of anilines is 1. The second-order valence-electron chi connectivity index (χ2n) is 6.61. The lowest BCUT2D eigenvalue weighted by atomic mass is 10.1. The molecule has 0 saturated heterocycles. The van der Waals surface area contributed by atoms with E-state index in [4.69, 9.17) is 0 Å².